The number of nitrogens with one attached hydrogen (secondary N) is 1. The van der Waals surface area contributed by atoms with Gasteiger partial charge >= 0.3 is 0 Å². The van der Waals surface area contributed by atoms with Crippen LogP contribution in [0.3, 0.4) is 0 Å². The van der Waals surface area contributed by atoms with E-state index in [1.54, 1.807) is 37.2 Å². The van der Waals surface area contributed by atoms with E-state index in [0.717, 1.165) is 31.7 Å². The molecule has 1 amide bonds. The van der Waals surface area contributed by atoms with E-state index in [1.165, 1.54) is 6.42 Å². The second-order valence-corrected chi connectivity index (χ2v) is 5.37. The van der Waals surface area contributed by atoms with E-state index < -0.39 is 0 Å². The normalized spacial score (nSPS) is 18.6. The number of benzene rings is 1. The van der Waals surface area contributed by atoms with Crippen LogP contribution < -0.4 is 11.1 Å². The molecule has 1 atom stereocenters. The van der Waals surface area contributed by atoms with Crippen molar-refractivity contribution in [3.63, 3.8) is 0 Å². The number of ether oxygens (including phenoxy) is 1. The zero-order chi connectivity index (χ0) is 14.5. The summed E-state index contributed by atoms with van der Waals surface area (Å²) in [6.45, 7) is 1.56. The van der Waals surface area contributed by atoms with E-state index in [0.29, 0.717) is 11.3 Å². The first-order chi connectivity index (χ1) is 9.58. The van der Waals surface area contributed by atoms with E-state index in [2.05, 4.69) is 5.32 Å². The molecule has 0 radical (unpaired) electrons. The minimum absolute atomic E-state index is 0.0260. The SMILES string of the molecule is CN(C)C(=O)c1ccc(N)c(NCC2CCCCO2)c1. The number of carbonyl (C=O) groups is 1. The van der Waals surface area contributed by atoms with E-state index in [9.17, 15) is 4.79 Å². The summed E-state index contributed by atoms with van der Waals surface area (Å²) in [7, 11) is 3.48. The maximum Gasteiger partial charge on any atom is 0.253 e. The van der Waals surface area contributed by atoms with Crippen molar-refractivity contribution in [2.75, 3.05) is 38.3 Å². The Kier molecular flexibility index (Phi) is 4.84. The van der Waals surface area contributed by atoms with Crippen molar-refractivity contribution in [2.24, 2.45) is 0 Å². The Morgan fingerprint density at radius 2 is 2.25 bits per heavy atom. The van der Waals surface area contributed by atoms with Crippen molar-refractivity contribution in [2.45, 2.75) is 25.4 Å². The summed E-state index contributed by atoms with van der Waals surface area (Å²) in [6.07, 6.45) is 3.66. The lowest BCUT2D eigenvalue weighted by Gasteiger charge is -2.23. The summed E-state index contributed by atoms with van der Waals surface area (Å²) in [5, 5.41) is 3.30. The molecule has 1 aromatic rings. The molecule has 1 heterocycles. The fraction of sp³-hybridized carbons (Fsp3) is 0.533. The molecule has 0 aliphatic carbocycles. The van der Waals surface area contributed by atoms with Crippen LogP contribution in [0.1, 0.15) is 29.6 Å². The van der Waals surface area contributed by atoms with Gasteiger partial charge in [0.25, 0.3) is 5.91 Å². The fourth-order valence-electron chi connectivity index (χ4n) is 2.29. The van der Waals surface area contributed by atoms with E-state index in [1.807, 2.05) is 0 Å². The third-order valence-electron chi connectivity index (χ3n) is 3.50. The Morgan fingerprint density at radius 3 is 2.90 bits per heavy atom. The zero-order valence-corrected chi connectivity index (χ0v) is 12.2. The van der Waals surface area contributed by atoms with Gasteiger partial charge in [-0.2, -0.15) is 0 Å². The molecule has 1 saturated heterocycles. The Morgan fingerprint density at radius 1 is 1.45 bits per heavy atom. The predicted molar refractivity (Wildman–Crippen MR) is 81.0 cm³/mol. The minimum atomic E-state index is -0.0260. The van der Waals surface area contributed by atoms with Crippen LogP contribution in [0, 0.1) is 0 Å². The maximum atomic E-state index is 11.9. The summed E-state index contributed by atoms with van der Waals surface area (Å²) >= 11 is 0. The Balaban J connectivity index is 2.02. The van der Waals surface area contributed by atoms with Crippen molar-refractivity contribution in [1.29, 1.82) is 0 Å². The Labute approximate surface area is 120 Å². The van der Waals surface area contributed by atoms with Crippen molar-refractivity contribution in [1.82, 2.24) is 4.90 Å². The van der Waals surface area contributed by atoms with Crippen molar-refractivity contribution < 1.29 is 9.53 Å². The monoisotopic (exact) mass is 277 g/mol. The molecule has 0 saturated carbocycles. The van der Waals surface area contributed by atoms with Crippen molar-refractivity contribution >= 4 is 17.3 Å². The third kappa shape index (κ3) is 3.63. The highest BCUT2D eigenvalue weighted by atomic mass is 16.5. The molecular weight excluding hydrogens is 254 g/mol. The van der Waals surface area contributed by atoms with Gasteiger partial charge in [0.1, 0.15) is 0 Å². The molecule has 1 unspecified atom stereocenters. The molecule has 2 rings (SSSR count). The first-order valence-electron chi connectivity index (χ1n) is 7.04. The van der Waals surface area contributed by atoms with Gasteiger partial charge in [-0.05, 0) is 37.5 Å². The molecule has 20 heavy (non-hydrogen) atoms. The van der Waals surface area contributed by atoms with Crippen molar-refractivity contribution in [3.8, 4) is 0 Å². The van der Waals surface area contributed by atoms with Gasteiger partial charge in [-0.3, -0.25) is 4.79 Å². The van der Waals surface area contributed by atoms with E-state index in [4.69, 9.17) is 10.5 Å². The van der Waals surface area contributed by atoms with Gasteiger partial charge in [0.05, 0.1) is 17.5 Å². The molecule has 5 nitrogen and oxygen atoms in total. The van der Waals surface area contributed by atoms with Gasteiger partial charge < -0.3 is 20.7 Å². The number of hydrogen-bond donors (Lipinski definition) is 2. The maximum absolute atomic E-state index is 11.9. The van der Waals surface area contributed by atoms with E-state index in [-0.39, 0.29) is 12.0 Å². The zero-order valence-electron chi connectivity index (χ0n) is 12.2. The van der Waals surface area contributed by atoms with Crippen LogP contribution in [-0.2, 0) is 4.74 Å². The molecule has 5 heteroatoms. The summed E-state index contributed by atoms with van der Waals surface area (Å²) < 4.78 is 5.68. The summed E-state index contributed by atoms with van der Waals surface area (Å²) in [5.41, 5.74) is 8.04. The van der Waals surface area contributed by atoms with Crippen LogP contribution in [0.2, 0.25) is 0 Å². The van der Waals surface area contributed by atoms with Gasteiger partial charge in [0.2, 0.25) is 0 Å². The average molecular weight is 277 g/mol. The van der Waals surface area contributed by atoms with Crippen LogP contribution in [0.25, 0.3) is 0 Å². The number of rotatable bonds is 4. The van der Waals surface area contributed by atoms with Crippen LogP contribution in [0.4, 0.5) is 11.4 Å². The molecule has 3 N–H and O–H groups in total. The summed E-state index contributed by atoms with van der Waals surface area (Å²) in [4.78, 5) is 13.5. The van der Waals surface area contributed by atoms with Crippen LogP contribution in [0.5, 0.6) is 0 Å². The highest BCUT2D eigenvalue weighted by Crippen LogP contribution is 2.22. The second-order valence-electron chi connectivity index (χ2n) is 5.37. The van der Waals surface area contributed by atoms with Crippen LogP contribution >= 0.6 is 0 Å². The van der Waals surface area contributed by atoms with Gasteiger partial charge in [-0.25, -0.2) is 0 Å². The number of hydrogen-bond acceptors (Lipinski definition) is 4. The standard InChI is InChI=1S/C15H23N3O2/c1-18(2)15(19)11-6-7-13(16)14(9-11)17-10-12-5-3-4-8-20-12/h6-7,9,12,17H,3-5,8,10,16H2,1-2H3. The van der Waals surface area contributed by atoms with Gasteiger partial charge in [0, 0.05) is 32.8 Å². The first-order valence-corrected chi connectivity index (χ1v) is 7.04. The minimum Gasteiger partial charge on any atom is -0.397 e. The lowest BCUT2D eigenvalue weighted by molar-refractivity contribution is 0.0248. The number of carbonyl (C=O) groups excluding carboxylic acids is 1. The number of nitrogen functional groups attached to an aromatic ring is 1. The van der Waals surface area contributed by atoms with Gasteiger partial charge in [-0.15, -0.1) is 0 Å². The van der Waals surface area contributed by atoms with Gasteiger partial charge in [0.15, 0.2) is 0 Å². The number of amides is 1. The van der Waals surface area contributed by atoms with E-state index >= 15 is 0 Å². The van der Waals surface area contributed by atoms with Gasteiger partial charge in [-0.1, -0.05) is 0 Å². The Bertz CT molecular complexity index is 468. The topological polar surface area (TPSA) is 67.6 Å². The highest BCUT2D eigenvalue weighted by molar-refractivity contribution is 5.95. The Hall–Kier alpha value is -1.75. The first kappa shape index (κ1) is 14.7. The molecule has 1 fully saturated rings. The molecule has 0 aromatic heterocycles. The molecular formula is C15H23N3O2. The predicted octanol–water partition coefficient (Wildman–Crippen LogP) is 1.95. The number of nitrogens with two attached hydrogens (primary N) is 1. The lowest BCUT2D eigenvalue weighted by atomic mass is 10.1. The second kappa shape index (κ2) is 6.61. The number of nitrogens with zero attached hydrogens (tertiary/aromatic N) is 1. The molecule has 110 valence electrons. The quantitative estimate of drug-likeness (QED) is 0.825. The van der Waals surface area contributed by atoms with Crippen molar-refractivity contribution in [3.05, 3.63) is 23.8 Å². The average Bonchev–Trinajstić information content (AvgIpc) is 2.46. The lowest BCUT2D eigenvalue weighted by Crippen LogP contribution is -2.27. The highest BCUT2D eigenvalue weighted by Gasteiger charge is 2.15. The molecule has 0 bridgehead atoms. The third-order valence-corrected chi connectivity index (χ3v) is 3.50. The molecule has 1 aliphatic heterocycles. The smallest absolute Gasteiger partial charge is 0.253 e. The molecule has 1 aliphatic rings. The van der Waals surface area contributed by atoms with Crippen LogP contribution in [-0.4, -0.2) is 44.2 Å². The number of anilines is 2. The van der Waals surface area contributed by atoms with Crippen LogP contribution in [0.15, 0.2) is 18.2 Å². The largest absolute Gasteiger partial charge is 0.397 e. The summed E-state index contributed by atoms with van der Waals surface area (Å²) in [5.74, 6) is -0.0260. The molecule has 1 aromatic carbocycles. The summed E-state index contributed by atoms with van der Waals surface area (Å²) in [6, 6.07) is 5.32. The molecule has 0 spiro atoms. The fourth-order valence-corrected chi connectivity index (χ4v) is 2.29.